The first-order chi connectivity index (χ1) is 12.0. The van der Waals surface area contributed by atoms with Gasteiger partial charge in [-0.25, -0.2) is 0 Å². The zero-order valence-corrected chi connectivity index (χ0v) is 15.9. The van der Waals surface area contributed by atoms with Crippen LogP contribution in [0.3, 0.4) is 0 Å². The monoisotopic (exact) mass is 344 g/mol. The smallest absolute Gasteiger partial charge is 0.253 e. The van der Waals surface area contributed by atoms with E-state index in [4.69, 9.17) is 0 Å². The van der Waals surface area contributed by atoms with E-state index in [0.717, 1.165) is 31.4 Å². The third-order valence-electron chi connectivity index (χ3n) is 5.17. The largest absolute Gasteiger partial charge is 0.339 e. The molecule has 25 heavy (non-hydrogen) atoms. The van der Waals surface area contributed by atoms with Crippen molar-refractivity contribution in [3.63, 3.8) is 0 Å². The summed E-state index contributed by atoms with van der Waals surface area (Å²) in [5.74, 6) is 0.510. The molecule has 2 amide bonds. The number of amides is 2. The van der Waals surface area contributed by atoms with Crippen molar-refractivity contribution in [1.29, 1.82) is 0 Å². The molecule has 1 aliphatic carbocycles. The van der Waals surface area contributed by atoms with Gasteiger partial charge >= 0.3 is 0 Å². The maximum Gasteiger partial charge on any atom is 0.253 e. The van der Waals surface area contributed by atoms with Gasteiger partial charge in [0.15, 0.2) is 0 Å². The fraction of sp³-hybridized carbons (Fsp3) is 0.619. The Morgan fingerprint density at radius 3 is 2.40 bits per heavy atom. The molecule has 0 bridgehead atoms. The van der Waals surface area contributed by atoms with E-state index in [9.17, 15) is 9.59 Å². The van der Waals surface area contributed by atoms with E-state index in [-0.39, 0.29) is 11.8 Å². The lowest BCUT2D eigenvalue weighted by Crippen LogP contribution is -2.38. The van der Waals surface area contributed by atoms with Gasteiger partial charge in [0.05, 0.1) is 0 Å². The zero-order valence-electron chi connectivity index (χ0n) is 15.9. The van der Waals surface area contributed by atoms with Gasteiger partial charge in [0, 0.05) is 30.8 Å². The van der Waals surface area contributed by atoms with Crippen LogP contribution in [0.15, 0.2) is 24.3 Å². The molecule has 0 spiro atoms. The molecule has 1 aromatic carbocycles. The first-order valence-electron chi connectivity index (χ1n) is 9.68. The van der Waals surface area contributed by atoms with Gasteiger partial charge in [0.25, 0.3) is 5.91 Å². The van der Waals surface area contributed by atoms with E-state index in [1.165, 1.54) is 19.3 Å². The SMILES string of the molecule is CCCC(C)CC(=O)Nc1ccc(C(=O)N(C)C2CCCCC2)cc1. The first kappa shape index (κ1) is 19.5. The third kappa shape index (κ3) is 5.87. The lowest BCUT2D eigenvalue weighted by Gasteiger charge is -2.31. The summed E-state index contributed by atoms with van der Waals surface area (Å²) >= 11 is 0. The van der Waals surface area contributed by atoms with Crippen LogP contribution >= 0.6 is 0 Å². The molecule has 1 aliphatic rings. The summed E-state index contributed by atoms with van der Waals surface area (Å²) in [4.78, 5) is 26.6. The van der Waals surface area contributed by atoms with Gasteiger partial charge in [-0.1, -0.05) is 46.0 Å². The number of carbonyl (C=O) groups is 2. The summed E-state index contributed by atoms with van der Waals surface area (Å²) in [6.45, 7) is 4.24. The minimum atomic E-state index is 0.0411. The molecular weight excluding hydrogens is 312 g/mol. The van der Waals surface area contributed by atoms with Crippen LogP contribution in [0.5, 0.6) is 0 Å². The number of hydrogen-bond donors (Lipinski definition) is 1. The number of nitrogens with zero attached hydrogens (tertiary/aromatic N) is 1. The van der Waals surface area contributed by atoms with Crippen LogP contribution in [0, 0.1) is 5.92 Å². The highest BCUT2D eigenvalue weighted by Crippen LogP contribution is 2.23. The highest BCUT2D eigenvalue weighted by atomic mass is 16.2. The Labute approximate surface area is 152 Å². The molecule has 0 aromatic heterocycles. The number of hydrogen-bond acceptors (Lipinski definition) is 2. The highest BCUT2D eigenvalue weighted by Gasteiger charge is 2.22. The van der Waals surface area contributed by atoms with Crippen LogP contribution in [-0.2, 0) is 4.79 Å². The first-order valence-corrected chi connectivity index (χ1v) is 9.68. The zero-order chi connectivity index (χ0) is 18.2. The second kappa shape index (κ2) is 9.59. The summed E-state index contributed by atoms with van der Waals surface area (Å²) in [5, 5.41) is 2.93. The predicted octanol–water partition coefficient (Wildman–Crippen LogP) is 4.86. The van der Waals surface area contributed by atoms with Crippen LogP contribution in [0.1, 0.15) is 75.6 Å². The number of carbonyl (C=O) groups excluding carboxylic acids is 2. The average Bonchev–Trinajstić information content (AvgIpc) is 2.62. The second-order valence-electron chi connectivity index (χ2n) is 7.43. The van der Waals surface area contributed by atoms with E-state index >= 15 is 0 Å². The van der Waals surface area contributed by atoms with Gasteiger partial charge in [-0.15, -0.1) is 0 Å². The Balaban J connectivity index is 1.90. The van der Waals surface area contributed by atoms with Crippen molar-refractivity contribution in [2.45, 2.75) is 71.3 Å². The number of anilines is 1. The molecule has 0 radical (unpaired) electrons. The van der Waals surface area contributed by atoms with E-state index in [1.54, 1.807) is 0 Å². The van der Waals surface area contributed by atoms with Crippen LogP contribution in [-0.4, -0.2) is 29.8 Å². The minimum Gasteiger partial charge on any atom is -0.339 e. The molecule has 1 fully saturated rings. The topological polar surface area (TPSA) is 49.4 Å². The molecule has 1 atom stereocenters. The highest BCUT2D eigenvalue weighted by molar-refractivity contribution is 5.95. The molecule has 1 saturated carbocycles. The fourth-order valence-corrected chi connectivity index (χ4v) is 3.66. The molecule has 0 aliphatic heterocycles. The molecule has 0 heterocycles. The maximum atomic E-state index is 12.6. The van der Waals surface area contributed by atoms with Gasteiger partial charge in [-0.3, -0.25) is 9.59 Å². The van der Waals surface area contributed by atoms with Crippen LogP contribution in [0.25, 0.3) is 0 Å². The van der Waals surface area contributed by atoms with Crippen molar-refractivity contribution in [1.82, 2.24) is 4.90 Å². The number of rotatable bonds is 7. The summed E-state index contributed by atoms with van der Waals surface area (Å²) in [6.07, 6.45) is 8.61. The Morgan fingerprint density at radius 1 is 1.16 bits per heavy atom. The van der Waals surface area contributed by atoms with Gasteiger partial charge in [-0.05, 0) is 43.0 Å². The molecule has 1 unspecified atom stereocenters. The second-order valence-corrected chi connectivity index (χ2v) is 7.43. The molecule has 4 heteroatoms. The van der Waals surface area contributed by atoms with Crippen molar-refractivity contribution >= 4 is 17.5 Å². The number of nitrogens with one attached hydrogen (secondary N) is 1. The normalized spacial score (nSPS) is 16.3. The Kier molecular flexibility index (Phi) is 7.48. The van der Waals surface area contributed by atoms with Gasteiger partial charge in [0.2, 0.25) is 5.91 Å². The quantitative estimate of drug-likeness (QED) is 0.768. The number of benzene rings is 1. The third-order valence-corrected chi connectivity index (χ3v) is 5.17. The molecule has 2 rings (SSSR count). The summed E-state index contributed by atoms with van der Waals surface area (Å²) in [5.41, 5.74) is 1.44. The minimum absolute atomic E-state index is 0.0411. The molecule has 1 aromatic rings. The molecule has 4 nitrogen and oxygen atoms in total. The van der Waals surface area contributed by atoms with Gasteiger partial charge in [0.1, 0.15) is 0 Å². The van der Waals surface area contributed by atoms with Gasteiger partial charge < -0.3 is 10.2 Å². The summed E-state index contributed by atoms with van der Waals surface area (Å²) in [6, 6.07) is 7.63. The van der Waals surface area contributed by atoms with Crippen molar-refractivity contribution in [2.75, 3.05) is 12.4 Å². The van der Waals surface area contributed by atoms with Crippen molar-refractivity contribution in [2.24, 2.45) is 5.92 Å². The predicted molar refractivity (Wildman–Crippen MR) is 103 cm³/mol. The van der Waals surface area contributed by atoms with E-state index in [2.05, 4.69) is 19.2 Å². The summed E-state index contributed by atoms with van der Waals surface area (Å²) < 4.78 is 0. The average molecular weight is 344 g/mol. The van der Waals surface area contributed by atoms with Crippen LogP contribution in [0.2, 0.25) is 0 Å². The van der Waals surface area contributed by atoms with E-state index in [1.807, 2.05) is 36.2 Å². The van der Waals surface area contributed by atoms with Crippen molar-refractivity contribution in [3.05, 3.63) is 29.8 Å². The molecule has 0 saturated heterocycles. The van der Waals surface area contributed by atoms with E-state index < -0.39 is 0 Å². The molecule has 1 N–H and O–H groups in total. The van der Waals surface area contributed by atoms with Gasteiger partial charge in [-0.2, -0.15) is 0 Å². The van der Waals surface area contributed by atoms with Crippen LogP contribution < -0.4 is 5.32 Å². The molecule has 138 valence electrons. The molecular formula is C21H32N2O2. The lowest BCUT2D eigenvalue weighted by atomic mass is 9.94. The maximum absolute atomic E-state index is 12.6. The van der Waals surface area contributed by atoms with Crippen molar-refractivity contribution < 1.29 is 9.59 Å². The Bertz CT molecular complexity index is 562. The lowest BCUT2D eigenvalue weighted by molar-refractivity contribution is -0.117. The van der Waals surface area contributed by atoms with Crippen molar-refractivity contribution in [3.8, 4) is 0 Å². The van der Waals surface area contributed by atoms with E-state index in [0.29, 0.717) is 23.9 Å². The Morgan fingerprint density at radius 2 is 1.80 bits per heavy atom. The summed E-state index contributed by atoms with van der Waals surface area (Å²) in [7, 11) is 1.91. The Hall–Kier alpha value is -1.84. The standard InChI is InChI=1S/C21H32N2O2/c1-4-8-16(2)15-20(24)22-18-13-11-17(12-14-18)21(25)23(3)19-9-6-5-7-10-19/h11-14,16,19H,4-10,15H2,1-3H3,(H,22,24). The van der Waals surface area contributed by atoms with Crippen LogP contribution in [0.4, 0.5) is 5.69 Å². The fourth-order valence-electron chi connectivity index (χ4n) is 3.66.